The van der Waals surface area contributed by atoms with Crippen molar-refractivity contribution in [1.82, 2.24) is 0 Å². The van der Waals surface area contributed by atoms with Crippen LogP contribution >= 0.6 is 0 Å². The Morgan fingerprint density at radius 1 is 0.771 bits per heavy atom. The molecular formula is C28H29NO5S. The summed E-state index contributed by atoms with van der Waals surface area (Å²) in [6.45, 7) is 5.81. The third-order valence-electron chi connectivity index (χ3n) is 5.90. The summed E-state index contributed by atoms with van der Waals surface area (Å²) in [7, 11) is -0.805. The monoisotopic (exact) mass is 491 g/mol. The van der Waals surface area contributed by atoms with E-state index in [1.54, 1.807) is 43.5 Å². The summed E-state index contributed by atoms with van der Waals surface area (Å²) in [6.07, 6.45) is 0. The largest absolute Gasteiger partial charge is 0.493 e. The van der Waals surface area contributed by atoms with Crippen LogP contribution in [0.1, 0.15) is 39.7 Å². The molecule has 1 unspecified atom stereocenters. The summed E-state index contributed by atoms with van der Waals surface area (Å²) >= 11 is 0. The molecule has 1 N–H and O–H groups in total. The van der Waals surface area contributed by atoms with Gasteiger partial charge in [0.25, 0.3) is 10.0 Å². The zero-order valence-corrected chi connectivity index (χ0v) is 21.3. The van der Waals surface area contributed by atoms with Crippen LogP contribution < -0.4 is 14.2 Å². The molecule has 182 valence electrons. The van der Waals surface area contributed by atoms with E-state index in [0.29, 0.717) is 28.5 Å². The first-order valence-corrected chi connectivity index (χ1v) is 12.7. The van der Waals surface area contributed by atoms with Gasteiger partial charge in [-0.2, -0.15) is 0 Å². The molecule has 0 bridgehead atoms. The molecule has 0 fully saturated rings. The molecule has 0 amide bonds. The van der Waals surface area contributed by atoms with Crippen molar-refractivity contribution >= 4 is 15.7 Å². The fraction of sp³-hybridized carbons (Fsp3) is 0.214. The lowest BCUT2D eigenvalue weighted by atomic mass is 9.87. The highest BCUT2D eigenvalue weighted by molar-refractivity contribution is 7.92. The Morgan fingerprint density at radius 2 is 1.34 bits per heavy atom. The Morgan fingerprint density at radius 3 is 1.89 bits per heavy atom. The van der Waals surface area contributed by atoms with Crippen LogP contribution in [0.15, 0.2) is 82.1 Å². The molecule has 1 aromatic heterocycles. The number of aryl methyl sites for hydroxylation is 3. The van der Waals surface area contributed by atoms with E-state index >= 15 is 0 Å². The zero-order valence-electron chi connectivity index (χ0n) is 20.5. The van der Waals surface area contributed by atoms with Gasteiger partial charge in [-0.05, 0) is 62.2 Å². The fourth-order valence-electron chi connectivity index (χ4n) is 4.01. The topological polar surface area (TPSA) is 77.8 Å². The summed E-state index contributed by atoms with van der Waals surface area (Å²) in [4.78, 5) is 0.171. The van der Waals surface area contributed by atoms with Gasteiger partial charge in [-0.15, -0.1) is 0 Å². The maximum atomic E-state index is 13.4. The Bertz CT molecular complexity index is 1420. The van der Waals surface area contributed by atoms with Crippen LogP contribution in [0, 0.1) is 20.8 Å². The number of methoxy groups -OCH3 is 2. The van der Waals surface area contributed by atoms with E-state index in [9.17, 15) is 8.42 Å². The van der Waals surface area contributed by atoms with Gasteiger partial charge in [0.15, 0.2) is 11.5 Å². The van der Waals surface area contributed by atoms with Gasteiger partial charge < -0.3 is 13.9 Å². The molecule has 3 aromatic carbocycles. The number of hydrogen-bond acceptors (Lipinski definition) is 5. The quantitative estimate of drug-likeness (QED) is 0.317. The predicted molar refractivity (Wildman–Crippen MR) is 137 cm³/mol. The summed E-state index contributed by atoms with van der Waals surface area (Å²) in [5.74, 6) is 1.96. The summed E-state index contributed by atoms with van der Waals surface area (Å²) < 4.78 is 46.6. The lowest BCUT2D eigenvalue weighted by Crippen LogP contribution is -2.16. The second-order valence-electron chi connectivity index (χ2n) is 8.51. The molecule has 0 aliphatic carbocycles. The lowest BCUT2D eigenvalue weighted by Gasteiger charge is -2.23. The Hall–Kier alpha value is -3.71. The highest BCUT2D eigenvalue weighted by Gasteiger charge is 2.27. The smallest absolute Gasteiger partial charge is 0.261 e. The van der Waals surface area contributed by atoms with Crippen molar-refractivity contribution in [2.24, 2.45) is 0 Å². The van der Waals surface area contributed by atoms with Crippen molar-refractivity contribution in [3.8, 4) is 11.5 Å². The summed E-state index contributed by atoms with van der Waals surface area (Å²) in [6, 6.07) is 22.1. The standard InChI is InChI=1S/C28H29NO5S/c1-18-6-11-21(12-7-18)28(25-15-10-20(3)34-25)23-16-26(32-4)27(33-5)17-24(23)29-35(30,31)22-13-8-19(2)9-14-22/h6-17,28-29H,1-5H3. The van der Waals surface area contributed by atoms with Gasteiger partial charge >= 0.3 is 0 Å². The van der Waals surface area contributed by atoms with Crippen LogP contribution in [-0.2, 0) is 10.0 Å². The van der Waals surface area contributed by atoms with Gasteiger partial charge in [0, 0.05) is 6.07 Å². The first kappa shape index (κ1) is 24.4. The molecule has 6 nitrogen and oxygen atoms in total. The third kappa shape index (κ3) is 5.20. The molecule has 1 atom stereocenters. The Kier molecular flexibility index (Phi) is 6.89. The molecule has 0 saturated heterocycles. The molecule has 0 aliphatic rings. The molecule has 4 aromatic rings. The molecule has 1 heterocycles. The van der Waals surface area contributed by atoms with Crippen LogP contribution in [0.4, 0.5) is 5.69 Å². The van der Waals surface area contributed by atoms with Crippen LogP contribution in [0.5, 0.6) is 11.5 Å². The number of anilines is 1. The SMILES string of the molecule is COc1cc(NS(=O)(=O)c2ccc(C)cc2)c(C(c2ccc(C)cc2)c2ccc(C)o2)cc1OC. The van der Waals surface area contributed by atoms with Gasteiger partial charge in [0.2, 0.25) is 0 Å². The van der Waals surface area contributed by atoms with E-state index in [4.69, 9.17) is 13.9 Å². The normalized spacial score (nSPS) is 12.3. The van der Waals surface area contributed by atoms with Crippen molar-refractivity contribution in [2.75, 3.05) is 18.9 Å². The number of furan rings is 1. The first-order chi connectivity index (χ1) is 16.7. The van der Waals surface area contributed by atoms with Gasteiger partial charge in [-0.1, -0.05) is 47.5 Å². The van der Waals surface area contributed by atoms with E-state index in [-0.39, 0.29) is 10.8 Å². The lowest BCUT2D eigenvalue weighted by molar-refractivity contribution is 0.354. The van der Waals surface area contributed by atoms with E-state index in [0.717, 1.165) is 22.5 Å². The van der Waals surface area contributed by atoms with Crippen molar-refractivity contribution < 1.29 is 22.3 Å². The van der Waals surface area contributed by atoms with E-state index < -0.39 is 10.0 Å². The zero-order chi connectivity index (χ0) is 25.2. The number of hydrogen-bond donors (Lipinski definition) is 1. The van der Waals surface area contributed by atoms with Crippen LogP contribution in [0.2, 0.25) is 0 Å². The molecule has 7 heteroatoms. The van der Waals surface area contributed by atoms with Crippen molar-refractivity contribution in [1.29, 1.82) is 0 Å². The maximum absolute atomic E-state index is 13.4. The van der Waals surface area contributed by atoms with Gasteiger partial charge in [0.05, 0.1) is 30.7 Å². The van der Waals surface area contributed by atoms with Crippen LogP contribution in [0.3, 0.4) is 0 Å². The number of rotatable bonds is 8. The van der Waals surface area contributed by atoms with Gasteiger partial charge in [-0.3, -0.25) is 4.72 Å². The fourth-order valence-corrected chi connectivity index (χ4v) is 5.09. The number of nitrogens with one attached hydrogen (secondary N) is 1. The molecule has 0 saturated carbocycles. The minimum absolute atomic E-state index is 0.171. The second kappa shape index (κ2) is 9.88. The minimum atomic E-state index is -3.87. The van der Waals surface area contributed by atoms with Crippen molar-refractivity contribution in [3.05, 3.63) is 107 Å². The molecule has 0 aliphatic heterocycles. The van der Waals surface area contributed by atoms with E-state index in [1.165, 1.54) is 7.11 Å². The highest BCUT2D eigenvalue weighted by atomic mass is 32.2. The molecular weight excluding hydrogens is 462 g/mol. The molecule has 4 rings (SSSR count). The van der Waals surface area contributed by atoms with Crippen molar-refractivity contribution in [3.63, 3.8) is 0 Å². The maximum Gasteiger partial charge on any atom is 0.261 e. The highest BCUT2D eigenvalue weighted by Crippen LogP contribution is 2.43. The Labute approximate surface area is 206 Å². The Balaban J connectivity index is 1.92. The molecule has 0 spiro atoms. The summed E-state index contributed by atoms with van der Waals surface area (Å²) in [5, 5.41) is 0. The van der Waals surface area contributed by atoms with Crippen molar-refractivity contribution in [2.45, 2.75) is 31.6 Å². The molecule has 0 radical (unpaired) electrons. The number of ether oxygens (including phenoxy) is 2. The summed E-state index contributed by atoms with van der Waals surface area (Å²) in [5.41, 5.74) is 4.10. The van der Waals surface area contributed by atoms with E-state index in [1.807, 2.05) is 57.2 Å². The average molecular weight is 492 g/mol. The average Bonchev–Trinajstić information content (AvgIpc) is 3.26. The van der Waals surface area contributed by atoms with Crippen LogP contribution in [0.25, 0.3) is 0 Å². The third-order valence-corrected chi connectivity index (χ3v) is 7.28. The molecule has 35 heavy (non-hydrogen) atoms. The minimum Gasteiger partial charge on any atom is -0.493 e. The van der Waals surface area contributed by atoms with Gasteiger partial charge in [0.1, 0.15) is 11.5 Å². The van der Waals surface area contributed by atoms with Crippen LogP contribution in [-0.4, -0.2) is 22.6 Å². The number of benzene rings is 3. The first-order valence-electron chi connectivity index (χ1n) is 11.2. The van der Waals surface area contributed by atoms with Gasteiger partial charge in [-0.25, -0.2) is 8.42 Å². The predicted octanol–water partition coefficient (Wildman–Crippen LogP) is 6.20. The second-order valence-corrected chi connectivity index (χ2v) is 10.2. The number of sulfonamides is 1. The van der Waals surface area contributed by atoms with E-state index in [2.05, 4.69) is 4.72 Å².